The first kappa shape index (κ1) is 12.9. The molecule has 0 amide bonds. The summed E-state index contributed by atoms with van der Waals surface area (Å²) < 4.78 is 7.29. The molecule has 8 heteroatoms. The van der Waals surface area contributed by atoms with Crippen LogP contribution in [0.5, 0.6) is 0 Å². The van der Waals surface area contributed by atoms with E-state index >= 15 is 0 Å². The Labute approximate surface area is 119 Å². The van der Waals surface area contributed by atoms with Gasteiger partial charge in [-0.05, 0) is 6.42 Å². The van der Waals surface area contributed by atoms with E-state index in [1.165, 1.54) is 24.4 Å². The Morgan fingerprint density at radius 1 is 1.35 bits per heavy atom. The van der Waals surface area contributed by atoms with E-state index in [-0.39, 0.29) is 0 Å². The fourth-order valence-corrected chi connectivity index (χ4v) is 2.67. The van der Waals surface area contributed by atoms with Crippen LogP contribution in [0.3, 0.4) is 0 Å². The van der Waals surface area contributed by atoms with Gasteiger partial charge in [0, 0.05) is 18.3 Å². The number of imidazole rings is 1. The molecule has 0 fully saturated rings. The Morgan fingerprint density at radius 2 is 2.25 bits per heavy atom. The number of anilines is 1. The molecule has 0 spiro atoms. The van der Waals surface area contributed by atoms with Gasteiger partial charge in [-0.1, -0.05) is 13.3 Å². The summed E-state index contributed by atoms with van der Waals surface area (Å²) >= 11 is 1.36. The molecular weight excluding hydrogens is 276 g/mol. The zero-order chi connectivity index (χ0) is 13.9. The summed E-state index contributed by atoms with van der Waals surface area (Å²) in [6.07, 6.45) is 6.73. The number of fused-ring (bicyclic) bond motifs is 1. The lowest BCUT2D eigenvalue weighted by Crippen LogP contribution is -2.01. The standard InChI is InChI=1S/C12H14N6OS/c1-2-3-5-18-10-8(9(13)15-7-16-10)17-11(18)20-12-14-4-6-19-12/h4,6-7H,2-3,5H2,1H3,(H2,13,15,16). The van der Waals surface area contributed by atoms with Crippen LogP contribution < -0.4 is 5.73 Å². The van der Waals surface area contributed by atoms with Gasteiger partial charge in [0.25, 0.3) is 5.22 Å². The van der Waals surface area contributed by atoms with Gasteiger partial charge < -0.3 is 14.7 Å². The number of aryl methyl sites for hydroxylation is 1. The van der Waals surface area contributed by atoms with E-state index in [0.717, 1.165) is 30.2 Å². The van der Waals surface area contributed by atoms with Crippen LogP contribution in [-0.4, -0.2) is 24.5 Å². The molecule has 0 aliphatic heterocycles. The highest BCUT2D eigenvalue weighted by Crippen LogP contribution is 2.29. The molecular formula is C12H14N6OS. The second-order valence-corrected chi connectivity index (χ2v) is 5.15. The van der Waals surface area contributed by atoms with Gasteiger partial charge >= 0.3 is 0 Å². The van der Waals surface area contributed by atoms with Crippen molar-refractivity contribution < 1.29 is 4.42 Å². The molecule has 2 N–H and O–H groups in total. The lowest BCUT2D eigenvalue weighted by atomic mass is 10.3. The zero-order valence-electron chi connectivity index (χ0n) is 11.0. The van der Waals surface area contributed by atoms with Crippen molar-refractivity contribution in [3.63, 3.8) is 0 Å². The molecule has 0 radical (unpaired) electrons. The maximum Gasteiger partial charge on any atom is 0.263 e. The van der Waals surface area contributed by atoms with Gasteiger partial charge in [0.1, 0.15) is 12.6 Å². The first-order valence-electron chi connectivity index (χ1n) is 6.33. The maximum atomic E-state index is 5.87. The maximum absolute atomic E-state index is 5.87. The van der Waals surface area contributed by atoms with Crippen molar-refractivity contribution in [1.82, 2.24) is 24.5 Å². The van der Waals surface area contributed by atoms with Crippen molar-refractivity contribution in [2.24, 2.45) is 0 Å². The molecule has 3 aromatic rings. The van der Waals surface area contributed by atoms with Crippen LogP contribution in [0.2, 0.25) is 0 Å². The number of hydrogen-bond donors (Lipinski definition) is 1. The van der Waals surface area contributed by atoms with Crippen LogP contribution in [0, 0.1) is 0 Å². The van der Waals surface area contributed by atoms with E-state index < -0.39 is 0 Å². The second-order valence-electron chi connectivity index (χ2n) is 4.23. The van der Waals surface area contributed by atoms with E-state index in [1.807, 2.05) is 4.57 Å². The lowest BCUT2D eigenvalue weighted by Gasteiger charge is -2.05. The summed E-state index contributed by atoms with van der Waals surface area (Å²) in [7, 11) is 0. The lowest BCUT2D eigenvalue weighted by molar-refractivity contribution is 0.452. The van der Waals surface area contributed by atoms with Crippen molar-refractivity contribution in [2.45, 2.75) is 36.7 Å². The van der Waals surface area contributed by atoms with Gasteiger partial charge in [0.15, 0.2) is 22.1 Å². The molecule has 0 saturated heterocycles. The Hall–Kier alpha value is -2.09. The highest BCUT2D eigenvalue weighted by atomic mass is 32.2. The van der Waals surface area contributed by atoms with E-state index in [2.05, 4.69) is 26.9 Å². The summed E-state index contributed by atoms with van der Waals surface area (Å²) in [5.74, 6) is 0.388. The number of hydrogen-bond acceptors (Lipinski definition) is 7. The van der Waals surface area contributed by atoms with Crippen LogP contribution >= 0.6 is 11.8 Å². The molecule has 3 heterocycles. The molecule has 0 bridgehead atoms. The number of aromatic nitrogens is 5. The Kier molecular flexibility index (Phi) is 3.55. The Bertz CT molecular complexity index is 708. The summed E-state index contributed by atoms with van der Waals surface area (Å²) in [5, 5.41) is 1.31. The van der Waals surface area contributed by atoms with Gasteiger partial charge in [-0.2, -0.15) is 0 Å². The molecule has 3 rings (SSSR count). The van der Waals surface area contributed by atoms with Crippen LogP contribution in [-0.2, 0) is 6.54 Å². The predicted molar refractivity (Wildman–Crippen MR) is 75.3 cm³/mol. The first-order valence-corrected chi connectivity index (χ1v) is 7.15. The molecule has 0 saturated carbocycles. The minimum Gasteiger partial charge on any atom is -0.440 e. The van der Waals surface area contributed by atoms with Crippen molar-refractivity contribution in [2.75, 3.05) is 5.73 Å². The minimum absolute atomic E-state index is 0.388. The van der Waals surface area contributed by atoms with Crippen LogP contribution in [0.4, 0.5) is 5.82 Å². The molecule has 20 heavy (non-hydrogen) atoms. The summed E-state index contributed by atoms with van der Waals surface area (Å²) in [5.41, 5.74) is 7.24. The summed E-state index contributed by atoms with van der Waals surface area (Å²) in [6, 6.07) is 0. The molecule has 0 unspecified atom stereocenters. The Morgan fingerprint density at radius 3 is 3.00 bits per heavy atom. The monoisotopic (exact) mass is 290 g/mol. The van der Waals surface area contributed by atoms with E-state index in [0.29, 0.717) is 16.6 Å². The third kappa shape index (κ3) is 2.34. The number of oxazole rings is 1. The fourth-order valence-electron chi connectivity index (χ4n) is 1.87. The van der Waals surface area contributed by atoms with Gasteiger partial charge in [0.2, 0.25) is 0 Å². The largest absolute Gasteiger partial charge is 0.440 e. The molecule has 0 aliphatic rings. The smallest absolute Gasteiger partial charge is 0.263 e. The van der Waals surface area contributed by atoms with E-state index in [1.54, 1.807) is 6.20 Å². The molecule has 0 atom stereocenters. The van der Waals surface area contributed by atoms with E-state index in [9.17, 15) is 0 Å². The average molecular weight is 290 g/mol. The average Bonchev–Trinajstić information content (AvgIpc) is 3.06. The molecule has 3 aromatic heterocycles. The highest BCUT2D eigenvalue weighted by Gasteiger charge is 2.16. The zero-order valence-corrected chi connectivity index (χ0v) is 11.8. The van der Waals surface area contributed by atoms with Crippen molar-refractivity contribution in [1.29, 1.82) is 0 Å². The van der Waals surface area contributed by atoms with Crippen molar-refractivity contribution >= 4 is 28.7 Å². The Balaban J connectivity index is 2.06. The normalized spacial score (nSPS) is 11.2. The molecule has 104 valence electrons. The van der Waals surface area contributed by atoms with Gasteiger partial charge in [-0.25, -0.2) is 19.9 Å². The van der Waals surface area contributed by atoms with Gasteiger partial charge in [-0.15, -0.1) is 0 Å². The number of nitrogens with two attached hydrogens (primary N) is 1. The number of rotatable bonds is 5. The SMILES string of the molecule is CCCCn1c(Sc2ncco2)nc2c(N)ncnc21. The summed E-state index contributed by atoms with van der Waals surface area (Å²) in [4.78, 5) is 16.9. The highest BCUT2D eigenvalue weighted by molar-refractivity contribution is 7.99. The topological polar surface area (TPSA) is 95.7 Å². The van der Waals surface area contributed by atoms with Crippen LogP contribution in [0.25, 0.3) is 11.2 Å². The molecule has 0 aliphatic carbocycles. The predicted octanol–water partition coefficient (Wildman–Crippen LogP) is 2.35. The number of unbranched alkanes of at least 4 members (excludes halogenated alkanes) is 1. The molecule has 0 aromatic carbocycles. The van der Waals surface area contributed by atoms with Gasteiger partial charge in [-0.3, -0.25) is 0 Å². The quantitative estimate of drug-likeness (QED) is 0.770. The van der Waals surface area contributed by atoms with Crippen molar-refractivity contribution in [3.05, 3.63) is 18.8 Å². The third-order valence-electron chi connectivity index (χ3n) is 2.85. The van der Waals surface area contributed by atoms with E-state index in [4.69, 9.17) is 10.2 Å². The number of nitrogen functional groups attached to an aromatic ring is 1. The minimum atomic E-state index is 0.388. The second kappa shape index (κ2) is 5.49. The third-order valence-corrected chi connectivity index (χ3v) is 3.72. The molecule has 7 nitrogen and oxygen atoms in total. The first-order chi connectivity index (χ1) is 9.79. The van der Waals surface area contributed by atoms with Crippen LogP contribution in [0.15, 0.2) is 33.6 Å². The van der Waals surface area contributed by atoms with Crippen molar-refractivity contribution in [3.8, 4) is 0 Å². The summed E-state index contributed by atoms with van der Waals surface area (Å²) in [6.45, 7) is 2.97. The number of nitrogens with zero attached hydrogens (tertiary/aromatic N) is 5. The van der Waals surface area contributed by atoms with Gasteiger partial charge in [0.05, 0.1) is 6.20 Å². The van der Waals surface area contributed by atoms with Crippen LogP contribution in [0.1, 0.15) is 19.8 Å². The fraction of sp³-hybridized carbons (Fsp3) is 0.333.